The molecule has 3 N–H and O–H groups in total. The fourth-order valence-electron chi connectivity index (χ4n) is 1.23. The number of methoxy groups -OCH3 is 1. The summed E-state index contributed by atoms with van der Waals surface area (Å²) in [4.78, 5) is 21.4. The van der Waals surface area contributed by atoms with Gasteiger partial charge in [-0.15, -0.1) is 0 Å². The molecule has 0 aliphatic carbocycles. The van der Waals surface area contributed by atoms with Crippen LogP contribution in [0.2, 0.25) is 4.34 Å². The van der Waals surface area contributed by atoms with Crippen molar-refractivity contribution in [1.29, 1.82) is 0 Å². The van der Waals surface area contributed by atoms with Gasteiger partial charge in [-0.05, 0) is 23.7 Å². The number of halogens is 1. The fourth-order valence-corrected chi connectivity index (χ4v) is 2.19. The van der Waals surface area contributed by atoms with Crippen molar-refractivity contribution in [3.8, 4) is 17.2 Å². The Balaban J connectivity index is 0.000000235. The van der Waals surface area contributed by atoms with Crippen molar-refractivity contribution in [3.63, 3.8) is 0 Å². The predicted octanol–water partition coefficient (Wildman–Crippen LogP) is 1.69. The number of esters is 1. The number of aromatic nitrogens is 1. The topological polar surface area (TPSA) is 109 Å². The third kappa shape index (κ3) is 4.40. The van der Waals surface area contributed by atoms with Crippen LogP contribution < -0.4 is 5.56 Å². The number of rotatable bonds is 1. The molecule has 0 amide bonds. The summed E-state index contributed by atoms with van der Waals surface area (Å²) in [5.41, 5.74) is -0.0738. The second-order valence-corrected chi connectivity index (χ2v) is 5.53. The van der Waals surface area contributed by atoms with Crippen LogP contribution >= 0.6 is 23.1 Å². The van der Waals surface area contributed by atoms with Gasteiger partial charge in [0.05, 0.1) is 12.7 Å². The molecule has 1 heterocycles. The minimum absolute atomic E-state index is 0.0321. The Bertz CT molecular complexity index is 685. The third-order valence-corrected chi connectivity index (χ3v) is 3.32. The predicted molar refractivity (Wildman–Crippen MR) is 77.3 cm³/mol. The molecule has 0 spiro atoms. The van der Waals surface area contributed by atoms with Crippen LogP contribution in [0.1, 0.15) is 10.4 Å². The van der Waals surface area contributed by atoms with Crippen molar-refractivity contribution < 1.29 is 24.9 Å². The van der Waals surface area contributed by atoms with E-state index in [1.165, 1.54) is 28.7 Å². The van der Waals surface area contributed by atoms with Crippen molar-refractivity contribution in [1.82, 2.24) is 3.96 Å². The minimum atomic E-state index is -0.703. The van der Waals surface area contributed by atoms with Gasteiger partial charge in [-0.2, -0.15) is 0 Å². The second kappa shape index (κ2) is 7.00. The van der Waals surface area contributed by atoms with Crippen molar-refractivity contribution in [3.05, 3.63) is 38.5 Å². The third-order valence-electron chi connectivity index (χ3n) is 2.26. The summed E-state index contributed by atoms with van der Waals surface area (Å²) in [5, 5.41) is 26.9. The zero-order chi connectivity index (χ0) is 16.2. The molecule has 21 heavy (non-hydrogen) atoms. The molecule has 0 aliphatic heterocycles. The van der Waals surface area contributed by atoms with E-state index >= 15 is 0 Å². The van der Waals surface area contributed by atoms with Crippen molar-refractivity contribution in [2.24, 2.45) is 7.05 Å². The zero-order valence-corrected chi connectivity index (χ0v) is 12.6. The molecule has 2 aromatic rings. The summed E-state index contributed by atoms with van der Waals surface area (Å²) < 4.78 is 6.36. The Morgan fingerprint density at radius 1 is 1.24 bits per heavy atom. The molecule has 1 aromatic heterocycles. The summed E-state index contributed by atoms with van der Waals surface area (Å²) in [5.74, 6) is -2.50. The minimum Gasteiger partial charge on any atom is -0.504 e. The normalized spacial score (nSPS) is 9.67. The Labute approximate surface area is 128 Å². The number of nitrogens with zero attached hydrogens (tertiary/aromatic N) is 1. The van der Waals surface area contributed by atoms with Crippen LogP contribution in [-0.4, -0.2) is 32.4 Å². The summed E-state index contributed by atoms with van der Waals surface area (Å²) >= 11 is 6.70. The van der Waals surface area contributed by atoms with E-state index in [1.54, 1.807) is 7.05 Å². The molecule has 0 saturated heterocycles. The maximum absolute atomic E-state index is 10.9. The highest BCUT2D eigenvalue weighted by Crippen LogP contribution is 2.35. The van der Waals surface area contributed by atoms with Crippen molar-refractivity contribution in [2.75, 3.05) is 7.11 Å². The fraction of sp³-hybridized carbons (Fsp3) is 0.167. The van der Waals surface area contributed by atoms with E-state index in [4.69, 9.17) is 26.9 Å². The van der Waals surface area contributed by atoms with Crippen LogP contribution in [0.4, 0.5) is 0 Å². The number of aromatic hydroxyl groups is 3. The molecule has 1 aromatic carbocycles. The molecule has 114 valence electrons. The lowest BCUT2D eigenvalue weighted by molar-refractivity contribution is 0.0599. The lowest BCUT2D eigenvalue weighted by atomic mass is 10.2. The molecular formula is C12H12ClNO6S. The Kier molecular flexibility index (Phi) is 5.62. The maximum Gasteiger partial charge on any atom is 0.338 e. The van der Waals surface area contributed by atoms with Crippen LogP contribution in [0, 0.1) is 0 Å². The number of hydrogen-bond donors (Lipinski definition) is 3. The smallest absolute Gasteiger partial charge is 0.338 e. The summed E-state index contributed by atoms with van der Waals surface area (Å²) in [6, 6.07) is 3.40. The van der Waals surface area contributed by atoms with E-state index in [0.29, 0.717) is 4.34 Å². The van der Waals surface area contributed by atoms with Gasteiger partial charge in [0, 0.05) is 13.1 Å². The molecule has 0 unspecified atom stereocenters. The van der Waals surface area contributed by atoms with Crippen LogP contribution in [0.15, 0.2) is 23.0 Å². The monoisotopic (exact) mass is 333 g/mol. The number of phenolic OH excluding ortho intramolecular Hbond substituents is 3. The van der Waals surface area contributed by atoms with Gasteiger partial charge in [-0.1, -0.05) is 11.6 Å². The number of hydrogen-bond acceptors (Lipinski definition) is 7. The number of carbonyl (C=O) groups excluding carboxylic acids is 1. The molecule has 0 fully saturated rings. The molecule has 0 atom stereocenters. The first-order valence-corrected chi connectivity index (χ1v) is 6.57. The standard InChI is InChI=1S/C8H8O5.C4H4ClNOS/c1-13-8(12)4-2-5(9)7(11)6(10)3-4;1-6-4(7)2-3(5)8-6/h2-3,9-11H,1H3;2H,1H3. The molecule has 0 bridgehead atoms. The maximum atomic E-state index is 10.9. The molecule has 0 radical (unpaired) electrons. The van der Waals surface area contributed by atoms with Crippen LogP contribution in [0.5, 0.6) is 17.2 Å². The SMILES string of the molecule is COC(=O)c1cc(O)c(O)c(O)c1.Cn1sc(Cl)cc1=O. The van der Waals surface area contributed by atoms with Crippen LogP contribution in [-0.2, 0) is 11.8 Å². The Morgan fingerprint density at radius 2 is 1.76 bits per heavy atom. The van der Waals surface area contributed by atoms with Gasteiger partial charge in [0.15, 0.2) is 17.2 Å². The highest BCUT2D eigenvalue weighted by atomic mass is 35.5. The van der Waals surface area contributed by atoms with Crippen LogP contribution in [0.25, 0.3) is 0 Å². The molecule has 7 nitrogen and oxygen atoms in total. The van der Waals surface area contributed by atoms with E-state index in [2.05, 4.69) is 4.74 Å². The van der Waals surface area contributed by atoms with Gasteiger partial charge in [0.1, 0.15) is 4.34 Å². The second-order valence-electron chi connectivity index (χ2n) is 3.73. The first-order chi connectivity index (χ1) is 9.76. The largest absolute Gasteiger partial charge is 0.504 e. The Hall–Kier alpha value is -2.19. The lowest BCUT2D eigenvalue weighted by Gasteiger charge is -2.03. The zero-order valence-electron chi connectivity index (χ0n) is 11.0. The highest BCUT2D eigenvalue weighted by molar-refractivity contribution is 7.11. The average molecular weight is 334 g/mol. The highest BCUT2D eigenvalue weighted by Gasteiger charge is 2.13. The number of carbonyl (C=O) groups is 1. The Morgan fingerprint density at radius 3 is 2.05 bits per heavy atom. The van der Waals surface area contributed by atoms with E-state index < -0.39 is 23.2 Å². The van der Waals surface area contributed by atoms with Gasteiger partial charge in [0.25, 0.3) is 5.56 Å². The first kappa shape index (κ1) is 16.9. The van der Waals surface area contributed by atoms with Crippen molar-refractivity contribution in [2.45, 2.75) is 0 Å². The van der Waals surface area contributed by atoms with E-state index in [9.17, 15) is 9.59 Å². The number of phenols is 3. The molecule has 2 rings (SSSR count). The van der Waals surface area contributed by atoms with Gasteiger partial charge in [-0.25, -0.2) is 4.79 Å². The lowest BCUT2D eigenvalue weighted by Crippen LogP contribution is -2.05. The van der Waals surface area contributed by atoms with Crippen LogP contribution in [0.3, 0.4) is 0 Å². The molecule has 0 saturated carbocycles. The summed E-state index contributed by atoms with van der Waals surface area (Å²) in [6.45, 7) is 0. The van der Waals surface area contributed by atoms with E-state index in [0.717, 1.165) is 12.1 Å². The molecule has 0 aliphatic rings. The van der Waals surface area contributed by atoms with Crippen molar-refractivity contribution >= 4 is 29.1 Å². The number of aryl methyl sites for hydroxylation is 1. The first-order valence-electron chi connectivity index (χ1n) is 5.42. The average Bonchev–Trinajstić information content (AvgIpc) is 2.72. The van der Waals surface area contributed by atoms with Gasteiger partial charge in [0.2, 0.25) is 0 Å². The summed E-state index contributed by atoms with van der Waals surface area (Å²) in [7, 11) is 2.85. The quantitative estimate of drug-likeness (QED) is 0.541. The van der Waals surface area contributed by atoms with E-state index in [-0.39, 0.29) is 11.1 Å². The van der Waals surface area contributed by atoms with Gasteiger partial charge >= 0.3 is 5.97 Å². The number of ether oxygens (including phenoxy) is 1. The molecule has 9 heteroatoms. The molecular weight excluding hydrogens is 322 g/mol. The number of benzene rings is 1. The van der Waals surface area contributed by atoms with Gasteiger partial charge in [-0.3, -0.25) is 8.75 Å². The summed E-state index contributed by atoms with van der Waals surface area (Å²) in [6.07, 6.45) is 0. The van der Waals surface area contributed by atoms with E-state index in [1.807, 2.05) is 0 Å². The van der Waals surface area contributed by atoms with Gasteiger partial charge < -0.3 is 20.1 Å².